The van der Waals surface area contributed by atoms with E-state index in [0.29, 0.717) is 13.1 Å². The number of likely N-dealkylation sites (tertiary alicyclic amines) is 1. The Bertz CT molecular complexity index is 593. The molecule has 1 aromatic rings. The third-order valence-corrected chi connectivity index (χ3v) is 4.78. The first kappa shape index (κ1) is 13.7. The monoisotopic (exact) mass is 305 g/mol. The molecule has 3 aliphatic heterocycles. The number of esters is 1. The number of hydrogen-bond acceptors (Lipinski definition) is 6. The van der Waals surface area contributed by atoms with Gasteiger partial charge < -0.3 is 15.4 Å². The van der Waals surface area contributed by atoms with Crippen LogP contribution >= 0.6 is 0 Å². The van der Waals surface area contributed by atoms with E-state index in [4.69, 9.17) is 4.74 Å². The molecule has 0 saturated carbocycles. The van der Waals surface area contributed by atoms with Gasteiger partial charge in [0, 0.05) is 32.7 Å². The maximum atomic E-state index is 12.1. The lowest BCUT2D eigenvalue weighted by atomic mass is 9.80. The number of hydrogen-bond donors (Lipinski definition) is 2. The van der Waals surface area contributed by atoms with Crippen LogP contribution in [-0.2, 0) is 17.8 Å². The minimum Gasteiger partial charge on any atom is -0.371 e. The smallest absolute Gasteiger partial charge is 0.371 e. The fourth-order valence-corrected chi connectivity index (χ4v) is 3.25. The van der Waals surface area contributed by atoms with Gasteiger partial charge in [-0.25, -0.2) is 9.59 Å². The molecule has 2 saturated heterocycles. The SMILES string of the molecule is O=C(OC(=O)N1CCC12CNC2)c1cc2n(n1)CCCNC2. The summed E-state index contributed by atoms with van der Waals surface area (Å²) in [4.78, 5) is 25.9. The molecule has 22 heavy (non-hydrogen) atoms. The Kier molecular flexibility index (Phi) is 3.16. The van der Waals surface area contributed by atoms with Gasteiger partial charge in [-0.05, 0) is 25.5 Å². The molecule has 1 amide bonds. The Morgan fingerprint density at radius 1 is 1.27 bits per heavy atom. The van der Waals surface area contributed by atoms with E-state index in [1.54, 1.807) is 11.0 Å². The molecule has 1 aromatic heterocycles. The molecule has 0 unspecified atom stereocenters. The molecule has 118 valence electrons. The van der Waals surface area contributed by atoms with Crippen molar-refractivity contribution in [3.8, 4) is 0 Å². The summed E-state index contributed by atoms with van der Waals surface area (Å²) in [6, 6.07) is 1.70. The molecule has 0 radical (unpaired) electrons. The van der Waals surface area contributed by atoms with Crippen LogP contribution < -0.4 is 10.6 Å². The van der Waals surface area contributed by atoms with Crippen LogP contribution in [0.1, 0.15) is 29.0 Å². The Balaban J connectivity index is 1.43. The average molecular weight is 305 g/mol. The van der Waals surface area contributed by atoms with E-state index in [1.807, 2.05) is 4.68 Å². The molecule has 2 fully saturated rings. The number of carbonyl (C=O) groups is 2. The van der Waals surface area contributed by atoms with Crippen LogP contribution in [0, 0.1) is 0 Å². The second-order valence-electron chi connectivity index (χ2n) is 6.16. The molecule has 3 aliphatic rings. The highest BCUT2D eigenvalue weighted by molar-refractivity contribution is 5.95. The second-order valence-corrected chi connectivity index (χ2v) is 6.16. The summed E-state index contributed by atoms with van der Waals surface area (Å²) in [5.41, 5.74) is 1.03. The van der Waals surface area contributed by atoms with E-state index in [-0.39, 0.29) is 11.2 Å². The van der Waals surface area contributed by atoms with Crippen LogP contribution in [0.4, 0.5) is 4.79 Å². The van der Waals surface area contributed by atoms with Crippen LogP contribution in [0.2, 0.25) is 0 Å². The summed E-state index contributed by atoms with van der Waals surface area (Å²) in [6.07, 6.45) is 1.37. The molecule has 0 atom stereocenters. The molecule has 1 spiro atoms. The first-order chi connectivity index (χ1) is 10.7. The molecule has 2 N–H and O–H groups in total. The van der Waals surface area contributed by atoms with Crippen molar-refractivity contribution in [3.63, 3.8) is 0 Å². The standard InChI is InChI=1S/C14H19N5O3/c20-12(11-6-10-7-15-3-1-4-19(10)17-11)22-13(21)18-5-2-14(18)8-16-9-14/h6,15-16H,1-5,7-9H2. The molecule has 4 heterocycles. The quantitative estimate of drug-likeness (QED) is 0.547. The third-order valence-electron chi connectivity index (χ3n) is 4.78. The topological polar surface area (TPSA) is 88.5 Å². The fraction of sp³-hybridized carbons (Fsp3) is 0.643. The zero-order chi connectivity index (χ0) is 15.2. The van der Waals surface area contributed by atoms with E-state index in [2.05, 4.69) is 15.7 Å². The van der Waals surface area contributed by atoms with E-state index < -0.39 is 12.1 Å². The lowest BCUT2D eigenvalue weighted by Crippen LogP contribution is -2.77. The van der Waals surface area contributed by atoms with Crippen molar-refractivity contribution in [2.45, 2.75) is 31.5 Å². The predicted octanol–water partition coefficient (Wildman–Crippen LogP) is -0.299. The third kappa shape index (κ3) is 2.10. The van der Waals surface area contributed by atoms with Crippen molar-refractivity contribution in [3.05, 3.63) is 17.5 Å². The van der Waals surface area contributed by atoms with Gasteiger partial charge in [0.2, 0.25) is 0 Å². The van der Waals surface area contributed by atoms with Crippen LogP contribution in [0.15, 0.2) is 6.07 Å². The second kappa shape index (κ2) is 5.06. The number of nitrogens with one attached hydrogen (secondary N) is 2. The summed E-state index contributed by atoms with van der Waals surface area (Å²) >= 11 is 0. The number of aryl methyl sites for hydroxylation is 1. The molecule has 0 aromatic carbocycles. The highest BCUT2D eigenvalue weighted by Crippen LogP contribution is 2.34. The Morgan fingerprint density at radius 3 is 2.82 bits per heavy atom. The molecular formula is C14H19N5O3. The Labute approximate surface area is 127 Å². The maximum absolute atomic E-state index is 12.1. The minimum absolute atomic E-state index is 0.118. The van der Waals surface area contributed by atoms with Gasteiger partial charge in [0.25, 0.3) is 0 Å². The van der Waals surface area contributed by atoms with Crippen molar-refractivity contribution < 1.29 is 14.3 Å². The van der Waals surface area contributed by atoms with Gasteiger partial charge in [-0.1, -0.05) is 0 Å². The van der Waals surface area contributed by atoms with E-state index in [9.17, 15) is 9.59 Å². The van der Waals surface area contributed by atoms with Crippen molar-refractivity contribution in [1.29, 1.82) is 0 Å². The van der Waals surface area contributed by atoms with Crippen molar-refractivity contribution in [2.24, 2.45) is 0 Å². The van der Waals surface area contributed by atoms with Gasteiger partial charge in [0.05, 0.1) is 11.2 Å². The number of rotatable bonds is 1. The van der Waals surface area contributed by atoms with Crippen LogP contribution in [0.5, 0.6) is 0 Å². The Morgan fingerprint density at radius 2 is 2.14 bits per heavy atom. The normalized spacial score (nSPS) is 22.3. The van der Waals surface area contributed by atoms with Crippen LogP contribution in [-0.4, -0.2) is 58.5 Å². The maximum Gasteiger partial charge on any atom is 0.418 e. The molecular weight excluding hydrogens is 286 g/mol. The molecule has 8 heteroatoms. The number of nitrogens with zero attached hydrogens (tertiary/aromatic N) is 3. The number of carbonyl (C=O) groups excluding carboxylic acids is 2. The first-order valence-electron chi connectivity index (χ1n) is 7.70. The average Bonchev–Trinajstić information content (AvgIpc) is 2.67. The summed E-state index contributed by atoms with van der Waals surface area (Å²) in [5, 5.41) is 10.7. The first-order valence-corrected chi connectivity index (χ1v) is 7.70. The minimum atomic E-state index is -0.667. The van der Waals surface area contributed by atoms with Gasteiger partial charge in [-0.15, -0.1) is 0 Å². The van der Waals surface area contributed by atoms with Crippen molar-refractivity contribution in [2.75, 3.05) is 26.2 Å². The largest absolute Gasteiger partial charge is 0.418 e. The van der Waals surface area contributed by atoms with Crippen LogP contribution in [0.3, 0.4) is 0 Å². The van der Waals surface area contributed by atoms with Crippen LogP contribution in [0.25, 0.3) is 0 Å². The highest BCUT2D eigenvalue weighted by atomic mass is 16.6. The van der Waals surface area contributed by atoms with Crippen molar-refractivity contribution >= 4 is 12.1 Å². The van der Waals surface area contributed by atoms with Gasteiger partial charge in [0.15, 0.2) is 5.69 Å². The number of ether oxygens (including phenoxy) is 1. The van der Waals surface area contributed by atoms with Gasteiger partial charge >= 0.3 is 12.1 Å². The Hall–Kier alpha value is -1.93. The van der Waals surface area contributed by atoms with E-state index >= 15 is 0 Å². The predicted molar refractivity (Wildman–Crippen MR) is 76.3 cm³/mol. The summed E-state index contributed by atoms with van der Waals surface area (Å²) in [7, 11) is 0. The zero-order valence-electron chi connectivity index (χ0n) is 12.3. The van der Waals surface area contributed by atoms with Gasteiger partial charge in [-0.3, -0.25) is 9.58 Å². The number of amides is 1. The number of fused-ring (bicyclic) bond motifs is 1. The van der Waals surface area contributed by atoms with Crippen molar-refractivity contribution in [1.82, 2.24) is 25.3 Å². The highest BCUT2D eigenvalue weighted by Gasteiger charge is 2.52. The van der Waals surface area contributed by atoms with E-state index in [0.717, 1.165) is 44.7 Å². The van der Waals surface area contributed by atoms with Gasteiger partial charge in [-0.2, -0.15) is 5.10 Å². The summed E-state index contributed by atoms with van der Waals surface area (Å²) < 4.78 is 6.81. The molecule has 8 nitrogen and oxygen atoms in total. The molecule has 4 rings (SSSR count). The zero-order valence-corrected chi connectivity index (χ0v) is 12.3. The number of aromatic nitrogens is 2. The molecule has 0 bridgehead atoms. The van der Waals surface area contributed by atoms with E-state index in [1.165, 1.54) is 0 Å². The fourth-order valence-electron chi connectivity index (χ4n) is 3.25. The lowest BCUT2D eigenvalue weighted by molar-refractivity contribution is -0.0393. The summed E-state index contributed by atoms with van der Waals surface area (Å²) in [5.74, 6) is -0.667. The van der Waals surface area contributed by atoms with Gasteiger partial charge in [0.1, 0.15) is 0 Å². The summed E-state index contributed by atoms with van der Waals surface area (Å²) in [6.45, 7) is 4.59. The lowest BCUT2D eigenvalue weighted by Gasteiger charge is -2.57. The molecule has 0 aliphatic carbocycles.